The average Bonchev–Trinajstić information content (AvgIpc) is 2.95. The van der Waals surface area contributed by atoms with Crippen LogP contribution in [-0.2, 0) is 17.7 Å². The lowest BCUT2D eigenvalue weighted by atomic mass is 9.90. The first kappa shape index (κ1) is 28.0. The summed E-state index contributed by atoms with van der Waals surface area (Å²) in [5, 5.41) is 2.93. The van der Waals surface area contributed by atoms with Crippen LogP contribution in [0.4, 0.5) is 9.18 Å². The molecule has 0 spiro atoms. The Morgan fingerprint density at radius 2 is 1.79 bits per heavy atom. The lowest BCUT2D eigenvalue weighted by molar-refractivity contribution is 0.0789. The number of rotatable bonds is 9. The first-order chi connectivity index (χ1) is 18.8. The number of carbonyl (C=O) groups excluding carboxylic acids is 3. The van der Waals surface area contributed by atoms with Crippen LogP contribution in [0.3, 0.4) is 0 Å². The number of halogens is 1. The molecule has 1 saturated heterocycles. The minimum Gasteiger partial charge on any atom is -0.449 e. The molecule has 0 aromatic heterocycles. The third kappa shape index (κ3) is 7.76. The molecule has 0 saturated carbocycles. The van der Waals surface area contributed by atoms with E-state index < -0.39 is 0 Å². The van der Waals surface area contributed by atoms with Gasteiger partial charge in [0.25, 0.3) is 5.91 Å². The molecule has 204 valence electrons. The van der Waals surface area contributed by atoms with Crippen LogP contribution in [0, 0.1) is 17.7 Å². The number of aldehydes is 1. The zero-order valence-electron chi connectivity index (χ0n) is 22.5. The van der Waals surface area contributed by atoms with Crippen molar-refractivity contribution >= 4 is 18.3 Å². The molecule has 0 unspecified atom stereocenters. The first-order valence-electron chi connectivity index (χ1n) is 13.4. The van der Waals surface area contributed by atoms with E-state index >= 15 is 0 Å². The van der Waals surface area contributed by atoms with Gasteiger partial charge in [0, 0.05) is 36.3 Å². The van der Waals surface area contributed by atoms with Gasteiger partial charge in [0.2, 0.25) is 0 Å². The van der Waals surface area contributed by atoms with Gasteiger partial charge in [-0.25, -0.2) is 9.18 Å². The van der Waals surface area contributed by atoms with E-state index in [4.69, 9.17) is 4.74 Å². The first-order valence-corrected chi connectivity index (χ1v) is 13.4. The summed E-state index contributed by atoms with van der Waals surface area (Å²) in [6, 6.07) is 19.1. The minimum absolute atomic E-state index is 0.201. The van der Waals surface area contributed by atoms with Gasteiger partial charge in [-0.2, -0.15) is 0 Å². The Bertz CT molecular complexity index is 1320. The van der Waals surface area contributed by atoms with E-state index in [0.29, 0.717) is 53.8 Å². The van der Waals surface area contributed by atoms with Gasteiger partial charge in [-0.1, -0.05) is 50.2 Å². The standard InChI is InChI=1S/C32H35FN2O4/c1-22(2)21-39-32(38)35-13-11-23(12-14-35)15-24-5-3-8-28(16-24)31(37)34-19-25-9-10-30(33)29(18-25)27-7-4-6-26(17-27)20-36/h3-10,16-18,20,22-23H,11-15,19,21H2,1-2H3,(H,34,37). The van der Waals surface area contributed by atoms with Gasteiger partial charge in [-0.05, 0) is 78.1 Å². The second-order valence-electron chi connectivity index (χ2n) is 10.5. The van der Waals surface area contributed by atoms with Gasteiger partial charge in [0.05, 0.1) is 6.61 Å². The molecule has 3 aromatic carbocycles. The topological polar surface area (TPSA) is 75.7 Å². The summed E-state index contributed by atoms with van der Waals surface area (Å²) in [5.41, 5.74) is 3.88. The number of hydrogen-bond donors (Lipinski definition) is 1. The smallest absolute Gasteiger partial charge is 0.409 e. The summed E-state index contributed by atoms with van der Waals surface area (Å²) in [7, 11) is 0. The summed E-state index contributed by atoms with van der Waals surface area (Å²) < 4.78 is 19.9. The Balaban J connectivity index is 1.32. The van der Waals surface area contributed by atoms with Crippen LogP contribution in [0.15, 0.2) is 66.7 Å². The minimum atomic E-state index is -0.390. The number of benzene rings is 3. The van der Waals surface area contributed by atoms with E-state index in [0.717, 1.165) is 36.7 Å². The van der Waals surface area contributed by atoms with E-state index in [2.05, 4.69) is 5.32 Å². The molecule has 0 atom stereocenters. The van der Waals surface area contributed by atoms with Crippen LogP contribution >= 0.6 is 0 Å². The normalized spacial score (nSPS) is 13.8. The Hall–Kier alpha value is -4.00. The number of ether oxygens (including phenoxy) is 1. The van der Waals surface area contributed by atoms with Crippen LogP contribution in [0.2, 0.25) is 0 Å². The summed E-state index contributed by atoms with van der Waals surface area (Å²) >= 11 is 0. The summed E-state index contributed by atoms with van der Waals surface area (Å²) in [6.45, 7) is 6.08. The van der Waals surface area contributed by atoms with Crippen molar-refractivity contribution in [2.75, 3.05) is 19.7 Å². The van der Waals surface area contributed by atoms with Crippen molar-refractivity contribution in [3.63, 3.8) is 0 Å². The molecule has 1 heterocycles. The largest absolute Gasteiger partial charge is 0.449 e. The summed E-state index contributed by atoms with van der Waals surface area (Å²) in [4.78, 5) is 38.0. The molecule has 1 fully saturated rings. The molecule has 1 aliphatic heterocycles. The zero-order valence-corrected chi connectivity index (χ0v) is 22.5. The molecule has 0 radical (unpaired) electrons. The van der Waals surface area contributed by atoms with Gasteiger partial charge in [0.15, 0.2) is 0 Å². The van der Waals surface area contributed by atoms with E-state index in [9.17, 15) is 18.8 Å². The van der Waals surface area contributed by atoms with Crippen molar-refractivity contribution in [2.24, 2.45) is 11.8 Å². The molecule has 6 nitrogen and oxygen atoms in total. The van der Waals surface area contributed by atoms with E-state index in [1.807, 2.05) is 32.0 Å². The lowest BCUT2D eigenvalue weighted by Crippen LogP contribution is -2.39. The molecule has 0 bridgehead atoms. The van der Waals surface area contributed by atoms with Crippen LogP contribution < -0.4 is 5.32 Å². The molecule has 7 heteroatoms. The van der Waals surface area contributed by atoms with E-state index in [-0.39, 0.29) is 24.4 Å². The maximum Gasteiger partial charge on any atom is 0.409 e. The predicted molar refractivity (Wildman–Crippen MR) is 149 cm³/mol. The number of nitrogens with zero attached hydrogens (tertiary/aromatic N) is 1. The molecule has 3 aromatic rings. The quantitative estimate of drug-likeness (QED) is 0.330. The maximum absolute atomic E-state index is 14.5. The fourth-order valence-corrected chi connectivity index (χ4v) is 4.79. The number of amides is 2. The van der Waals surface area contributed by atoms with Crippen molar-refractivity contribution in [1.29, 1.82) is 0 Å². The fraction of sp³-hybridized carbons (Fsp3) is 0.344. The van der Waals surface area contributed by atoms with Gasteiger partial charge in [-0.15, -0.1) is 0 Å². The van der Waals surface area contributed by atoms with Crippen molar-refractivity contribution in [3.05, 3.63) is 94.8 Å². The third-order valence-electron chi connectivity index (χ3n) is 6.94. The third-order valence-corrected chi connectivity index (χ3v) is 6.94. The second kappa shape index (κ2) is 13.2. The molecule has 1 N–H and O–H groups in total. The number of carbonyl (C=O) groups is 3. The SMILES string of the molecule is CC(C)COC(=O)N1CCC(Cc2cccc(C(=O)NCc3ccc(F)c(-c4cccc(C=O)c4)c3)c2)CC1. The Morgan fingerprint density at radius 1 is 1.03 bits per heavy atom. The van der Waals surface area contributed by atoms with Crippen molar-refractivity contribution < 1.29 is 23.5 Å². The molecule has 1 aliphatic rings. The highest BCUT2D eigenvalue weighted by Gasteiger charge is 2.24. The van der Waals surface area contributed by atoms with Gasteiger partial charge < -0.3 is 15.0 Å². The highest BCUT2D eigenvalue weighted by molar-refractivity contribution is 5.94. The number of likely N-dealkylation sites (tertiary alicyclic amines) is 1. The molecule has 39 heavy (non-hydrogen) atoms. The van der Waals surface area contributed by atoms with Crippen LogP contribution in [0.5, 0.6) is 0 Å². The van der Waals surface area contributed by atoms with Crippen molar-refractivity contribution in [2.45, 2.75) is 39.7 Å². The predicted octanol–water partition coefficient (Wildman–Crippen LogP) is 6.28. The maximum atomic E-state index is 14.5. The van der Waals surface area contributed by atoms with Gasteiger partial charge in [0.1, 0.15) is 12.1 Å². The monoisotopic (exact) mass is 530 g/mol. The molecule has 2 amide bonds. The van der Waals surface area contributed by atoms with E-state index in [1.54, 1.807) is 47.4 Å². The molecule has 0 aliphatic carbocycles. The van der Waals surface area contributed by atoms with Crippen LogP contribution in [0.25, 0.3) is 11.1 Å². The average molecular weight is 531 g/mol. The Labute approximate surface area is 229 Å². The van der Waals surface area contributed by atoms with Crippen molar-refractivity contribution in [1.82, 2.24) is 10.2 Å². The zero-order chi connectivity index (χ0) is 27.8. The number of nitrogens with one attached hydrogen (secondary N) is 1. The van der Waals surface area contributed by atoms with Gasteiger partial charge >= 0.3 is 6.09 Å². The number of piperidine rings is 1. The second-order valence-corrected chi connectivity index (χ2v) is 10.5. The molecular formula is C32H35FN2O4. The molecular weight excluding hydrogens is 495 g/mol. The lowest BCUT2D eigenvalue weighted by Gasteiger charge is -2.31. The fourth-order valence-electron chi connectivity index (χ4n) is 4.79. The van der Waals surface area contributed by atoms with Crippen molar-refractivity contribution in [3.8, 4) is 11.1 Å². The summed E-state index contributed by atoms with van der Waals surface area (Å²) in [6.07, 6.45) is 3.14. The highest BCUT2D eigenvalue weighted by Crippen LogP contribution is 2.25. The highest BCUT2D eigenvalue weighted by atomic mass is 19.1. The Kier molecular flexibility index (Phi) is 9.47. The van der Waals surface area contributed by atoms with Crippen LogP contribution in [0.1, 0.15) is 58.5 Å². The number of hydrogen-bond acceptors (Lipinski definition) is 4. The Morgan fingerprint density at radius 3 is 2.54 bits per heavy atom. The van der Waals surface area contributed by atoms with Gasteiger partial charge in [-0.3, -0.25) is 9.59 Å². The van der Waals surface area contributed by atoms with E-state index in [1.165, 1.54) is 6.07 Å². The van der Waals surface area contributed by atoms with Crippen LogP contribution in [-0.4, -0.2) is 42.9 Å². The summed E-state index contributed by atoms with van der Waals surface area (Å²) in [5.74, 6) is 0.163. The molecule has 4 rings (SSSR count).